The number of hydrogen-bond donors (Lipinski definition) is 1. The number of rotatable bonds is 6. The third-order valence-electron chi connectivity index (χ3n) is 4.11. The number of methoxy groups -OCH3 is 1. The number of ether oxygens (including phenoxy) is 2. The molecule has 0 fully saturated rings. The Hall–Kier alpha value is -3.47. The van der Waals surface area contributed by atoms with Gasteiger partial charge >= 0.3 is 6.03 Å². The Bertz CT molecular complexity index is 897. The summed E-state index contributed by atoms with van der Waals surface area (Å²) in [7, 11) is 3.23. The highest BCUT2D eigenvalue weighted by atomic mass is 16.5. The van der Waals surface area contributed by atoms with E-state index in [1.807, 2.05) is 78.9 Å². The Morgan fingerprint density at radius 2 is 1.52 bits per heavy atom. The third-order valence-corrected chi connectivity index (χ3v) is 4.11. The van der Waals surface area contributed by atoms with E-state index in [0.29, 0.717) is 23.7 Å². The Balaban J connectivity index is 1.97. The molecule has 138 valence electrons. The van der Waals surface area contributed by atoms with Gasteiger partial charge in [-0.25, -0.2) is 4.79 Å². The van der Waals surface area contributed by atoms with E-state index in [9.17, 15) is 4.79 Å². The first-order chi connectivity index (χ1) is 13.2. The first kappa shape index (κ1) is 18.3. The number of anilines is 1. The summed E-state index contributed by atoms with van der Waals surface area (Å²) in [6.45, 7) is 0.346. The zero-order valence-electron chi connectivity index (χ0n) is 15.4. The van der Waals surface area contributed by atoms with Crippen molar-refractivity contribution in [3.8, 4) is 17.2 Å². The van der Waals surface area contributed by atoms with E-state index in [1.165, 1.54) is 0 Å². The summed E-state index contributed by atoms with van der Waals surface area (Å²) < 4.78 is 11.5. The summed E-state index contributed by atoms with van der Waals surface area (Å²) in [4.78, 5) is 14.3. The van der Waals surface area contributed by atoms with Gasteiger partial charge in [0.25, 0.3) is 0 Å². The van der Waals surface area contributed by atoms with Crippen molar-refractivity contribution in [2.45, 2.75) is 6.54 Å². The molecular formula is C22H22N2O3. The van der Waals surface area contributed by atoms with Crippen LogP contribution < -0.4 is 19.7 Å². The molecule has 0 unspecified atom stereocenters. The van der Waals surface area contributed by atoms with Crippen molar-refractivity contribution in [3.05, 3.63) is 84.4 Å². The maximum atomic E-state index is 12.6. The van der Waals surface area contributed by atoms with Gasteiger partial charge in [0.05, 0.1) is 19.3 Å². The molecule has 0 aliphatic carbocycles. The lowest BCUT2D eigenvalue weighted by Crippen LogP contribution is -2.37. The summed E-state index contributed by atoms with van der Waals surface area (Å²) in [5, 5.41) is 2.70. The number of nitrogens with zero attached hydrogens (tertiary/aromatic N) is 1. The van der Waals surface area contributed by atoms with Gasteiger partial charge in [-0.3, -0.25) is 4.90 Å². The zero-order chi connectivity index (χ0) is 19.1. The van der Waals surface area contributed by atoms with Crippen LogP contribution in [0.3, 0.4) is 0 Å². The Morgan fingerprint density at radius 1 is 0.889 bits per heavy atom. The molecule has 0 spiro atoms. The van der Waals surface area contributed by atoms with Gasteiger partial charge in [-0.05, 0) is 30.3 Å². The van der Waals surface area contributed by atoms with Gasteiger partial charge < -0.3 is 14.8 Å². The maximum Gasteiger partial charge on any atom is 0.322 e. The second kappa shape index (κ2) is 8.76. The van der Waals surface area contributed by atoms with Crippen LogP contribution in [0.1, 0.15) is 5.56 Å². The number of hydrogen-bond acceptors (Lipinski definition) is 3. The topological polar surface area (TPSA) is 50.8 Å². The molecule has 5 nitrogen and oxygen atoms in total. The molecule has 0 atom stereocenters. The number of carbonyl (C=O) groups excluding carboxylic acids is 1. The van der Waals surface area contributed by atoms with Crippen LogP contribution in [-0.2, 0) is 6.54 Å². The molecule has 3 aromatic rings. The maximum absolute atomic E-state index is 12.6. The summed E-state index contributed by atoms with van der Waals surface area (Å²) in [5.41, 5.74) is 1.57. The average molecular weight is 362 g/mol. The number of nitrogens with one attached hydrogen (secondary N) is 1. The fourth-order valence-electron chi connectivity index (χ4n) is 2.79. The number of para-hydroxylation sites is 4. The molecule has 1 N–H and O–H groups in total. The van der Waals surface area contributed by atoms with Crippen LogP contribution in [0.25, 0.3) is 0 Å². The Labute approximate surface area is 159 Å². The van der Waals surface area contributed by atoms with Crippen molar-refractivity contribution < 1.29 is 14.3 Å². The van der Waals surface area contributed by atoms with Crippen LogP contribution in [0.5, 0.6) is 17.2 Å². The van der Waals surface area contributed by atoms with Crippen LogP contribution in [0.2, 0.25) is 0 Å². The van der Waals surface area contributed by atoms with Crippen LogP contribution >= 0.6 is 0 Å². The largest absolute Gasteiger partial charge is 0.496 e. The molecule has 5 heteroatoms. The molecule has 2 amide bonds. The fourth-order valence-corrected chi connectivity index (χ4v) is 2.79. The number of carbonyl (C=O) groups is 1. The lowest BCUT2D eigenvalue weighted by Gasteiger charge is -2.25. The smallest absolute Gasteiger partial charge is 0.322 e. The molecule has 0 saturated heterocycles. The normalized spacial score (nSPS) is 10.1. The van der Waals surface area contributed by atoms with Crippen molar-refractivity contribution in [2.75, 3.05) is 19.1 Å². The van der Waals surface area contributed by atoms with Gasteiger partial charge in [-0.1, -0.05) is 48.5 Å². The summed E-state index contributed by atoms with van der Waals surface area (Å²) in [6, 6.07) is 24.4. The van der Waals surface area contributed by atoms with Gasteiger partial charge in [-0.15, -0.1) is 0 Å². The van der Waals surface area contributed by atoms with Crippen LogP contribution in [-0.4, -0.2) is 20.2 Å². The van der Waals surface area contributed by atoms with Crippen LogP contribution in [0.4, 0.5) is 10.5 Å². The van der Waals surface area contributed by atoms with Crippen molar-refractivity contribution in [3.63, 3.8) is 0 Å². The van der Waals surface area contributed by atoms with Gasteiger partial charge in [0, 0.05) is 12.6 Å². The predicted octanol–water partition coefficient (Wildman–Crippen LogP) is 4.83. The summed E-state index contributed by atoms with van der Waals surface area (Å²) in [5.74, 6) is 2.04. The monoisotopic (exact) mass is 362 g/mol. The summed E-state index contributed by atoms with van der Waals surface area (Å²) in [6.07, 6.45) is 0. The van der Waals surface area contributed by atoms with Crippen LogP contribution in [0, 0.1) is 0 Å². The first-order valence-corrected chi connectivity index (χ1v) is 8.66. The SMILES string of the molecule is CNC(=O)N(Cc1ccccc1OC)c1ccccc1Oc1ccccc1. The van der Waals surface area contributed by atoms with Crippen molar-refractivity contribution >= 4 is 11.7 Å². The van der Waals surface area contributed by atoms with Crippen molar-refractivity contribution in [1.82, 2.24) is 5.32 Å². The predicted molar refractivity (Wildman–Crippen MR) is 107 cm³/mol. The van der Waals surface area contributed by atoms with E-state index in [4.69, 9.17) is 9.47 Å². The van der Waals surface area contributed by atoms with E-state index < -0.39 is 0 Å². The van der Waals surface area contributed by atoms with E-state index in [1.54, 1.807) is 19.1 Å². The Kier molecular flexibility index (Phi) is 5.94. The van der Waals surface area contributed by atoms with Gasteiger partial charge in [-0.2, -0.15) is 0 Å². The lowest BCUT2D eigenvalue weighted by atomic mass is 10.1. The fraction of sp³-hybridized carbons (Fsp3) is 0.136. The molecule has 3 rings (SSSR count). The van der Waals surface area contributed by atoms with E-state index >= 15 is 0 Å². The second-order valence-electron chi connectivity index (χ2n) is 5.84. The second-order valence-corrected chi connectivity index (χ2v) is 5.84. The van der Waals surface area contributed by atoms with Gasteiger partial charge in [0.15, 0.2) is 5.75 Å². The third kappa shape index (κ3) is 4.39. The number of benzene rings is 3. The Morgan fingerprint density at radius 3 is 2.22 bits per heavy atom. The van der Waals surface area contributed by atoms with Gasteiger partial charge in [0.2, 0.25) is 0 Å². The molecule has 0 bridgehead atoms. The minimum atomic E-state index is -0.231. The van der Waals surface area contributed by atoms with Gasteiger partial charge in [0.1, 0.15) is 11.5 Å². The van der Waals surface area contributed by atoms with E-state index in [2.05, 4.69) is 5.32 Å². The molecule has 0 heterocycles. The standard InChI is InChI=1S/C22H22N2O3/c1-23-22(25)24(16-17-10-6-8-14-20(17)26-2)19-13-7-9-15-21(19)27-18-11-4-3-5-12-18/h3-15H,16H2,1-2H3,(H,23,25). The molecule has 0 aliphatic rings. The lowest BCUT2D eigenvalue weighted by molar-refractivity contribution is 0.247. The molecule has 3 aromatic carbocycles. The highest BCUT2D eigenvalue weighted by Crippen LogP contribution is 2.34. The highest BCUT2D eigenvalue weighted by Gasteiger charge is 2.20. The van der Waals surface area contributed by atoms with Crippen LogP contribution in [0.15, 0.2) is 78.9 Å². The summed E-state index contributed by atoms with van der Waals surface area (Å²) >= 11 is 0. The van der Waals surface area contributed by atoms with E-state index in [0.717, 1.165) is 11.3 Å². The number of urea groups is 1. The number of amides is 2. The van der Waals surface area contributed by atoms with Crippen molar-refractivity contribution in [2.24, 2.45) is 0 Å². The minimum absolute atomic E-state index is 0.231. The quantitative estimate of drug-likeness (QED) is 0.683. The molecule has 0 saturated carbocycles. The molecule has 0 radical (unpaired) electrons. The molecule has 0 aliphatic heterocycles. The van der Waals surface area contributed by atoms with Crippen molar-refractivity contribution in [1.29, 1.82) is 0 Å². The first-order valence-electron chi connectivity index (χ1n) is 8.66. The molecule has 0 aromatic heterocycles. The zero-order valence-corrected chi connectivity index (χ0v) is 15.4. The minimum Gasteiger partial charge on any atom is -0.496 e. The highest BCUT2D eigenvalue weighted by molar-refractivity contribution is 5.93. The van der Waals surface area contributed by atoms with E-state index in [-0.39, 0.29) is 6.03 Å². The average Bonchev–Trinajstić information content (AvgIpc) is 2.73. The molecular weight excluding hydrogens is 340 g/mol. The molecule has 27 heavy (non-hydrogen) atoms.